The average molecular weight is 477 g/mol. The average Bonchev–Trinajstić information content (AvgIpc) is 3.57. The second-order valence-corrected chi connectivity index (χ2v) is 11.3. The van der Waals surface area contributed by atoms with Crippen molar-refractivity contribution in [3.05, 3.63) is 0 Å². The monoisotopic (exact) mass is 476 g/mol. The van der Waals surface area contributed by atoms with Crippen molar-refractivity contribution >= 4 is 29.4 Å². The Labute approximate surface area is 199 Å². The summed E-state index contributed by atoms with van der Waals surface area (Å²) in [6.45, 7) is 8.80. The fourth-order valence-corrected chi connectivity index (χ4v) is 5.49. The number of rotatable bonds is 10. The molecule has 2 heterocycles. The molecule has 0 aromatic heterocycles. The summed E-state index contributed by atoms with van der Waals surface area (Å²) in [5.41, 5.74) is 5.11. The lowest BCUT2D eigenvalue weighted by Gasteiger charge is -2.38. The third-order valence-corrected chi connectivity index (χ3v) is 8.13. The van der Waals surface area contributed by atoms with Gasteiger partial charge in [-0.2, -0.15) is 0 Å². The van der Waals surface area contributed by atoms with Crippen molar-refractivity contribution in [2.24, 2.45) is 40.7 Å². The third kappa shape index (κ3) is 4.56. The maximum Gasteiger partial charge on any atom is 0.287 e. The highest BCUT2D eigenvalue weighted by Gasteiger charge is 2.69. The SMILES string of the molecule is CC(C)C(=O)NC(C(=O)N1CC2C(C1C(=O)NC(CC1CC1)C(=O)C(N)=O)C2(C)C)C1COC1. The Bertz CT molecular complexity index is 894. The predicted molar refractivity (Wildman–Crippen MR) is 121 cm³/mol. The largest absolute Gasteiger partial charge is 0.380 e. The molecule has 2 aliphatic carbocycles. The number of hydrogen-bond donors (Lipinski definition) is 3. The van der Waals surface area contributed by atoms with Crippen LogP contribution in [0.1, 0.15) is 47.0 Å². The molecule has 0 aromatic rings. The van der Waals surface area contributed by atoms with E-state index in [2.05, 4.69) is 24.5 Å². The second kappa shape index (κ2) is 8.94. The van der Waals surface area contributed by atoms with Crippen molar-refractivity contribution in [1.29, 1.82) is 0 Å². The molecule has 10 heteroatoms. The molecule has 0 aromatic carbocycles. The molecule has 4 amide bonds. The van der Waals surface area contributed by atoms with Crippen LogP contribution in [0, 0.1) is 35.0 Å². The van der Waals surface area contributed by atoms with Gasteiger partial charge in [-0.3, -0.25) is 24.0 Å². The van der Waals surface area contributed by atoms with Crippen LogP contribution in [-0.4, -0.2) is 72.2 Å². The van der Waals surface area contributed by atoms with Gasteiger partial charge in [-0.1, -0.05) is 40.5 Å². The quantitative estimate of drug-likeness (QED) is 0.365. The Hall–Kier alpha value is -2.49. The van der Waals surface area contributed by atoms with Gasteiger partial charge in [0.25, 0.3) is 5.91 Å². The van der Waals surface area contributed by atoms with Crippen molar-refractivity contribution in [2.75, 3.05) is 19.8 Å². The summed E-state index contributed by atoms with van der Waals surface area (Å²) in [4.78, 5) is 65.1. The normalized spacial score (nSPS) is 29.0. The number of Topliss-reactive ketones (excluding diaryl/α,β-unsaturated/α-hetero) is 1. The number of nitrogens with two attached hydrogens (primary N) is 1. The molecule has 5 atom stereocenters. The number of amides is 4. The molecule has 5 unspecified atom stereocenters. The minimum Gasteiger partial charge on any atom is -0.380 e. The first kappa shape index (κ1) is 24.6. The first-order valence-corrected chi connectivity index (χ1v) is 12.3. The molecular formula is C24H36N4O6. The van der Waals surface area contributed by atoms with Crippen LogP contribution >= 0.6 is 0 Å². The van der Waals surface area contributed by atoms with Crippen molar-refractivity contribution in [3.8, 4) is 0 Å². The van der Waals surface area contributed by atoms with Gasteiger partial charge in [0, 0.05) is 18.4 Å². The molecule has 0 radical (unpaired) electrons. The number of ether oxygens (including phenoxy) is 1. The fourth-order valence-electron chi connectivity index (χ4n) is 5.49. The number of nitrogens with one attached hydrogen (secondary N) is 2. The molecule has 4 fully saturated rings. The highest BCUT2D eigenvalue weighted by Crippen LogP contribution is 2.65. The van der Waals surface area contributed by atoms with E-state index in [-0.39, 0.29) is 46.8 Å². The number of carbonyl (C=O) groups excluding carboxylic acids is 5. The number of hydrogen-bond acceptors (Lipinski definition) is 6. The first-order chi connectivity index (χ1) is 15.9. The van der Waals surface area contributed by atoms with Gasteiger partial charge in [0.15, 0.2) is 0 Å². The maximum atomic E-state index is 13.7. The van der Waals surface area contributed by atoms with E-state index in [0.29, 0.717) is 26.2 Å². The Morgan fingerprint density at radius 3 is 2.24 bits per heavy atom. The molecule has 0 spiro atoms. The van der Waals surface area contributed by atoms with Gasteiger partial charge in [0.1, 0.15) is 12.1 Å². The van der Waals surface area contributed by atoms with E-state index >= 15 is 0 Å². The summed E-state index contributed by atoms with van der Waals surface area (Å²) in [7, 11) is 0. The summed E-state index contributed by atoms with van der Waals surface area (Å²) in [6.07, 6.45) is 2.27. The summed E-state index contributed by atoms with van der Waals surface area (Å²) in [5, 5.41) is 5.61. The lowest BCUT2D eigenvalue weighted by Crippen LogP contribution is -2.61. The molecule has 34 heavy (non-hydrogen) atoms. The first-order valence-electron chi connectivity index (χ1n) is 12.3. The number of carbonyl (C=O) groups is 5. The topological polar surface area (TPSA) is 148 Å². The minimum atomic E-state index is -1.07. The molecule has 10 nitrogen and oxygen atoms in total. The zero-order valence-electron chi connectivity index (χ0n) is 20.3. The third-order valence-electron chi connectivity index (χ3n) is 8.13. The van der Waals surface area contributed by atoms with Crippen LogP contribution in [0.3, 0.4) is 0 Å². The summed E-state index contributed by atoms with van der Waals surface area (Å²) >= 11 is 0. The Kier molecular flexibility index (Phi) is 6.48. The minimum absolute atomic E-state index is 0.0548. The molecule has 188 valence electrons. The molecule has 0 bridgehead atoms. The van der Waals surface area contributed by atoms with Gasteiger partial charge in [0.2, 0.25) is 23.5 Å². The van der Waals surface area contributed by atoms with Crippen LogP contribution in [0.2, 0.25) is 0 Å². The molecule has 2 aliphatic heterocycles. The van der Waals surface area contributed by atoms with Crippen LogP contribution in [0.5, 0.6) is 0 Å². The number of likely N-dealkylation sites (tertiary alicyclic amines) is 1. The fraction of sp³-hybridized carbons (Fsp3) is 0.792. The lowest BCUT2D eigenvalue weighted by molar-refractivity contribution is -0.150. The Morgan fingerprint density at radius 1 is 1.09 bits per heavy atom. The highest BCUT2D eigenvalue weighted by atomic mass is 16.5. The molecule has 4 rings (SSSR count). The number of nitrogens with zero attached hydrogens (tertiary/aromatic N) is 1. The molecule has 2 saturated heterocycles. The van der Waals surface area contributed by atoms with E-state index in [4.69, 9.17) is 10.5 Å². The van der Waals surface area contributed by atoms with Crippen molar-refractivity contribution in [2.45, 2.75) is 65.1 Å². The van der Waals surface area contributed by atoms with Crippen LogP contribution < -0.4 is 16.4 Å². The van der Waals surface area contributed by atoms with E-state index in [9.17, 15) is 24.0 Å². The Balaban J connectivity index is 1.54. The zero-order chi connectivity index (χ0) is 24.9. The van der Waals surface area contributed by atoms with Crippen LogP contribution in [0.25, 0.3) is 0 Å². The van der Waals surface area contributed by atoms with Crippen LogP contribution in [-0.2, 0) is 28.7 Å². The van der Waals surface area contributed by atoms with Crippen LogP contribution in [0.4, 0.5) is 0 Å². The van der Waals surface area contributed by atoms with E-state index in [1.165, 1.54) is 0 Å². The second-order valence-electron chi connectivity index (χ2n) is 11.3. The molecule has 4 aliphatic rings. The van der Waals surface area contributed by atoms with Gasteiger partial charge in [-0.15, -0.1) is 0 Å². The summed E-state index contributed by atoms with van der Waals surface area (Å²) in [5.74, 6) is -2.90. The lowest BCUT2D eigenvalue weighted by atomic mass is 9.93. The van der Waals surface area contributed by atoms with E-state index < -0.39 is 35.7 Å². The number of primary amides is 1. The number of piperidine rings is 1. The van der Waals surface area contributed by atoms with Crippen LogP contribution in [0.15, 0.2) is 0 Å². The summed E-state index contributed by atoms with van der Waals surface area (Å²) in [6, 6.07) is -2.52. The van der Waals surface area contributed by atoms with Gasteiger partial charge in [-0.05, 0) is 29.6 Å². The van der Waals surface area contributed by atoms with Gasteiger partial charge in [0.05, 0.1) is 19.3 Å². The maximum absolute atomic E-state index is 13.7. The number of ketones is 1. The van der Waals surface area contributed by atoms with E-state index in [1.54, 1.807) is 18.7 Å². The van der Waals surface area contributed by atoms with Gasteiger partial charge in [-0.25, -0.2) is 0 Å². The number of fused-ring (bicyclic) bond motifs is 1. The van der Waals surface area contributed by atoms with Gasteiger partial charge >= 0.3 is 0 Å². The Morgan fingerprint density at radius 2 is 1.74 bits per heavy atom. The smallest absolute Gasteiger partial charge is 0.287 e. The highest BCUT2D eigenvalue weighted by molar-refractivity contribution is 6.37. The van der Waals surface area contributed by atoms with Crippen molar-refractivity contribution in [1.82, 2.24) is 15.5 Å². The molecule has 2 saturated carbocycles. The molecular weight excluding hydrogens is 440 g/mol. The predicted octanol–water partition coefficient (Wildman–Crippen LogP) is -0.404. The van der Waals surface area contributed by atoms with E-state index in [1.807, 2.05) is 0 Å². The van der Waals surface area contributed by atoms with Crippen molar-refractivity contribution in [3.63, 3.8) is 0 Å². The summed E-state index contributed by atoms with van der Waals surface area (Å²) < 4.78 is 5.27. The van der Waals surface area contributed by atoms with Crippen molar-refractivity contribution < 1.29 is 28.7 Å². The zero-order valence-corrected chi connectivity index (χ0v) is 20.3. The van der Waals surface area contributed by atoms with Gasteiger partial charge < -0.3 is 26.0 Å². The molecule has 4 N–H and O–H groups in total. The standard InChI is InChI=1S/C24H36N4O6/c1-11(2)21(31)27-17(13-9-34-10-13)23(33)28-8-14-16(24(14,3)4)18(28)22(32)26-15(7-12-5-6-12)19(29)20(25)30/h11-18H,5-10H2,1-4H3,(H2,25,30)(H,26,32)(H,27,31). The van der Waals surface area contributed by atoms with E-state index in [0.717, 1.165) is 12.8 Å².